The van der Waals surface area contributed by atoms with Crippen LogP contribution >= 0.6 is 0 Å². The summed E-state index contributed by atoms with van der Waals surface area (Å²) in [6.45, 7) is 8.32. The summed E-state index contributed by atoms with van der Waals surface area (Å²) in [6.07, 6.45) is 16.2. The van der Waals surface area contributed by atoms with Gasteiger partial charge < -0.3 is 0 Å². The van der Waals surface area contributed by atoms with E-state index in [1.807, 2.05) is 6.08 Å². The Bertz CT molecular complexity index is 165. The molecule has 0 heteroatoms. The predicted molar refractivity (Wildman–Crippen MR) is 71.2 cm³/mol. The van der Waals surface area contributed by atoms with Crippen LogP contribution in [0.25, 0.3) is 0 Å². The van der Waals surface area contributed by atoms with E-state index in [4.69, 9.17) is 0 Å². The topological polar surface area (TPSA) is 0 Å². The zero-order valence-corrected chi connectivity index (χ0v) is 10.7. The summed E-state index contributed by atoms with van der Waals surface area (Å²) in [5.74, 6) is 0. The van der Waals surface area contributed by atoms with Crippen LogP contribution < -0.4 is 0 Å². The normalized spacial score (nSPS) is 11.7. The molecule has 0 nitrogen and oxygen atoms in total. The number of hydrogen-bond donors (Lipinski definition) is 0. The quantitative estimate of drug-likeness (QED) is 0.321. The zero-order chi connectivity index (χ0) is 11.4. The lowest BCUT2D eigenvalue weighted by Gasteiger charge is -2.06. The smallest absolute Gasteiger partial charge is 0.0286 e. The highest BCUT2D eigenvalue weighted by Gasteiger charge is 1.96. The van der Waals surface area contributed by atoms with Crippen LogP contribution in [-0.2, 0) is 0 Å². The van der Waals surface area contributed by atoms with Crippen molar-refractivity contribution in [2.24, 2.45) is 0 Å². The Morgan fingerprint density at radius 3 is 2.27 bits per heavy atom. The molecule has 0 saturated carbocycles. The van der Waals surface area contributed by atoms with Crippen LogP contribution in [0, 0.1) is 0 Å². The molecule has 0 aromatic carbocycles. The molecule has 0 aromatic rings. The van der Waals surface area contributed by atoms with Gasteiger partial charge in [-0.15, -0.1) is 6.58 Å². The first kappa shape index (κ1) is 14.5. The first-order valence-electron chi connectivity index (χ1n) is 6.63. The molecule has 0 aliphatic carbocycles. The third kappa shape index (κ3) is 9.78. The first-order valence-corrected chi connectivity index (χ1v) is 6.63. The highest BCUT2D eigenvalue weighted by molar-refractivity contribution is 5.03. The highest BCUT2D eigenvalue weighted by Crippen LogP contribution is 2.16. The molecule has 0 radical (unpaired) electrons. The SMILES string of the molecule is C=CCCC(=CCCCC)CCCCC. The fraction of sp³-hybridized carbons (Fsp3) is 0.733. The van der Waals surface area contributed by atoms with Crippen molar-refractivity contribution >= 4 is 0 Å². The molecule has 0 N–H and O–H groups in total. The first-order chi connectivity index (χ1) is 7.35. The van der Waals surface area contributed by atoms with E-state index in [2.05, 4.69) is 26.5 Å². The summed E-state index contributed by atoms with van der Waals surface area (Å²) in [5, 5.41) is 0. The van der Waals surface area contributed by atoms with Crippen LogP contribution in [0.4, 0.5) is 0 Å². The molecule has 0 aliphatic heterocycles. The standard InChI is InChI=1S/C15H28/c1-4-7-10-13-15(12-9-6-3)14-11-8-5-2/h6,13H,3-5,7-12,14H2,1-2H3. The van der Waals surface area contributed by atoms with Crippen molar-refractivity contribution in [2.75, 3.05) is 0 Å². The lowest BCUT2D eigenvalue weighted by atomic mass is 10.0. The molecule has 0 amide bonds. The fourth-order valence-electron chi connectivity index (χ4n) is 1.73. The van der Waals surface area contributed by atoms with Crippen LogP contribution in [0.5, 0.6) is 0 Å². The van der Waals surface area contributed by atoms with E-state index >= 15 is 0 Å². The number of hydrogen-bond acceptors (Lipinski definition) is 0. The van der Waals surface area contributed by atoms with E-state index in [0.717, 1.165) is 6.42 Å². The van der Waals surface area contributed by atoms with Gasteiger partial charge in [0.05, 0.1) is 0 Å². The average molecular weight is 208 g/mol. The van der Waals surface area contributed by atoms with Crippen LogP contribution in [0.15, 0.2) is 24.3 Å². The summed E-state index contributed by atoms with van der Waals surface area (Å²) in [4.78, 5) is 0. The van der Waals surface area contributed by atoms with Crippen molar-refractivity contribution in [3.63, 3.8) is 0 Å². The van der Waals surface area contributed by atoms with Gasteiger partial charge in [0.2, 0.25) is 0 Å². The molecule has 0 heterocycles. The summed E-state index contributed by atoms with van der Waals surface area (Å²) < 4.78 is 0. The maximum absolute atomic E-state index is 3.80. The van der Waals surface area contributed by atoms with Gasteiger partial charge in [0.25, 0.3) is 0 Å². The van der Waals surface area contributed by atoms with Gasteiger partial charge in [-0.05, 0) is 32.1 Å². The van der Waals surface area contributed by atoms with Crippen LogP contribution in [0.3, 0.4) is 0 Å². The van der Waals surface area contributed by atoms with Gasteiger partial charge in [-0.25, -0.2) is 0 Å². The molecule has 0 saturated heterocycles. The molecular weight excluding hydrogens is 180 g/mol. The molecular formula is C15H28. The second-order valence-electron chi connectivity index (χ2n) is 4.29. The van der Waals surface area contributed by atoms with Crippen molar-refractivity contribution in [2.45, 2.75) is 71.6 Å². The minimum atomic E-state index is 1.14. The highest BCUT2D eigenvalue weighted by atomic mass is 14.0. The van der Waals surface area contributed by atoms with Gasteiger partial charge in [0.1, 0.15) is 0 Å². The van der Waals surface area contributed by atoms with Crippen molar-refractivity contribution < 1.29 is 0 Å². The molecule has 0 unspecified atom stereocenters. The second-order valence-corrected chi connectivity index (χ2v) is 4.29. The number of unbranched alkanes of at least 4 members (excludes halogenated alkanes) is 4. The minimum absolute atomic E-state index is 1.14. The van der Waals surface area contributed by atoms with E-state index in [1.165, 1.54) is 51.4 Å². The lowest BCUT2D eigenvalue weighted by Crippen LogP contribution is -1.86. The van der Waals surface area contributed by atoms with Gasteiger partial charge in [0.15, 0.2) is 0 Å². The molecule has 0 spiro atoms. The monoisotopic (exact) mass is 208 g/mol. The number of allylic oxidation sites excluding steroid dienone is 3. The van der Waals surface area contributed by atoms with E-state index in [-0.39, 0.29) is 0 Å². The van der Waals surface area contributed by atoms with Gasteiger partial charge in [-0.3, -0.25) is 0 Å². The van der Waals surface area contributed by atoms with Crippen molar-refractivity contribution in [1.82, 2.24) is 0 Å². The summed E-state index contributed by atoms with van der Waals surface area (Å²) in [5.41, 5.74) is 1.66. The van der Waals surface area contributed by atoms with Crippen molar-refractivity contribution in [1.29, 1.82) is 0 Å². The summed E-state index contributed by atoms with van der Waals surface area (Å²) in [6, 6.07) is 0. The predicted octanol–water partition coefficient (Wildman–Crippen LogP) is 5.65. The van der Waals surface area contributed by atoms with Crippen molar-refractivity contribution in [3.05, 3.63) is 24.3 Å². The Labute approximate surface area is 96.5 Å². The Hall–Kier alpha value is -0.520. The molecule has 0 fully saturated rings. The molecule has 0 aliphatic rings. The molecule has 0 bridgehead atoms. The minimum Gasteiger partial charge on any atom is -0.103 e. The Morgan fingerprint density at radius 2 is 1.67 bits per heavy atom. The maximum atomic E-state index is 3.80. The molecule has 0 rings (SSSR count). The molecule has 15 heavy (non-hydrogen) atoms. The Kier molecular flexibility index (Phi) is 11.2. The lowest BCUT2D eigenvalue weighted by molar-refractivity contribution is 0.690. The second kappa shape index (κ2) is 11.6. The Balaban J connectivity index is 3.81. The number of rotatable bonds is 10. The third-order valence-electron chi connectivity index (χ3n) is 2.76. The third-order valence-corrected chi connectivity index (χ3v) is 2.76. The van der Waals surface area contributed by atoms with Crippen LogP contribution in [-0.4, -0.2) is 0 Å². The van der Waals surface area contributed by atoms with E-state index in [9.17, 15) is 0 Å². The van der Waals surface area contributed by atoms with Gasteiger partial charge in [-0.2, -0.15) is 0 Å². The summed E-state index contributed by atoms with van der Waals surface area (Å²) >= 11 is 0. The molecule has 0 aromatic heterocycles. The maximum Gasteiger partial charge on any atom is -0.0286 e. The average Bonchev–Trinajstić information content (AvgIpc) is 2.25. The summed E-state index contributed by atoms with van der Waals surface area (Å²) in [7, 11) is 0. The Morgan fingerprint density at radius 1 is 0.933 bits per heavy atom. The van der Waals surface area contributed by atoms with E-state index in [1.54, 1.807) is 5.57 Å². The zero-order valence-electron chi connectivity index (χ0n) is 10.7. The largest absolute Gasteiger partial charge is 0.103 e. The van der Waals surface area contributed by atoms with Crippen LogP contribution in [0.2, 0.25) is 0 Å². The van der Waals surface area contributed by atoms with Gasteiger partial charge in [0, 0.05) is 0 Å². The molecule has 88 valence electrons. The van der Waals surface area contributed by atoms with Gasteiger partial charge >= 0.3 is 0 Å². The van der Waals surface area contributed by atoms with E-state index < -0.39 is 0 Å². The van der Waals surface area contributed by atoms with Crippen molar-refractivity contribution in [3.8, 4) is 0 Å². The fourth-order valence-corrected chi connectivity index (χ4v) is 1.73. The van der Waals surface area contributed by atoms with Crippen LogP contribution in [0.1, 0.15) is 71.6 Å². The molecule has 0 atom stereocenters. The van der Waals surface area contributed by atoms with E-state index in [0.29, 0.717) is 0 Å². The van der Waals surface area contributed by atoms with Gasteiger partial charge in [-0.1, -0.05) is 57.3 Å².